The van der Waals surface area contributed by atoms with Gasteiger partial charge in [0.2, 0.25) is 0 Å². The molecule has 0 saturated carbocycles. The number of benzene rings is 1. The molecule has 1 aromatic rings. The normalized spacial score (nSPS) is 21.5. The summed E-state index contributed by atoms with van der Waals surface area (Å²) in [6.07, 6.45) is 1.79. The maximum absolute atomic E-state index is 13.2. The minimum atomic E-state index is -0.747. The number of aliphatic hydroxyl groups excluding tert-OH is 1. The molecule has 0 aliphatic carbocycles. The van der Waals surface area contributed by atoms with Crippen LogP contribution < -0.4 is 4.74 Å². The van der Waals surface area contributed by atoms with E-state index in [1.165, 1.54) is 25.3 Å². The van der Waals surface area contributed by atoms with Gasteiger partial charge in [0.05, 0.1) is 19.3 Å². The average molecular weight is 240 g/mol. The van der Waals surface area contributed by atoms with Crippen LogP contribution in [0.5, 0.6) is 5.75 Å². The molecule has 1 fully saturated rings. The summed E-state index contributed by atoms with van der Waals surface area (Å²) in [6, 6.07) is 4.17. The van der Waals surface area contributed by atoms with Crippen molar-refractivity contribution in [3.63, 3.8) is 0 Å². The molecule has 0 radical (unpaired) electrons. The van der Waals surface area contributed by atoms with Crippen molar-refractivity contribution in [1.29, 1.82) is 0 Å². The Labute approximate surface area is 100 Å². The molecule has 1 N–H and O–H groups in total. The second kappa shape index (κ2) is 5.47. The van der Waals surface area contributed by atoms with Gasteiger partial charge in [-0.2, -0.15) is 0 Å². The molecule has 0 aromatic heterocycles. The van der Waals surface area contributed by atoms with Crippen LogP contribution in [0, 0.1) is 5.82 Å². The van der Waals surface area contributed by atoms with Crippen molar-refractivity contribution in [1.82, 2.24) is 0 Å². The van der Waals surface area contributed by atoms with Crippen molar-refractivity contribution in [3.8, 4) is 5.75 Å². The van der Waals surface area contributed by atoms with Crippen LogP contribution in [0.4, 0.5) is 4.39 Å². The summed E-state index contributed by atoms with van der Waals surface area (Å²) in [5.74, 6) is 0.143. The molecule has 3 nitrogen and oxygen atoms in total. The van der Waals surface area contributed by atoms with E-state index in [1.54, 1.807) is 0 Å². The smallest absolute Gasteiger partial charge is 0.124 e. The lowest BCUT2D eigenvalue weighted by Gasteiger charge is -2.18. The Balaban J connectivity index is 2.11. The van der Waals surface area contributed by atoms with E-state index < -0.39 is 6.10 Å². The Morgan fingerprint density at radius 3 is 3.06 bits per heavy atom. The fourth-order valence-corrected chi connectivity index (χ4v) is 2.17. The summed E-state index contributed by atoms with van der Waals surface area (Å²) in [5, 5.41) is 10.1. The van der Waals surface area contributed by atoms with Crippen molar-refractivity contribution < 1.29 is 19.0 Å². The molecule has 1 heterocycles. The molecular weight excluding hydrogens is 223 g/mol. The molecular formula is C13H17FO3. The van der Waals surface area contributed by atoms with Gasteiger partial charge in [-0.25, -0.2) is 4.39 Å². The lowest BCUT2D eigenvalue weighted by Crippen LogP contribution is -2.12. The highest BCUT2D eigenvalue weighted by molar-refractivity contribution is 5.35. The largest absolute Gasteiger partial charge is 0.496 e. The van der Waals surface area contributed by atoms with E-state index in [0.717, 1.165) is 19.4 Å². The third kappa shape index (κ3) is 2.96. The van der Waals surface area contributed by atoms with Gasteiger partial charge in [0.25, 0.3) is 0 Å². The first-order chi connectivity index (χ1) is 8.20. The molecule has 17 heavy (non-hydrogen) atoms. The van der Waals surface area contributed by atoms with Crippen LogP contribution in [-0.4, -0.2) is 24.9 Å². The molecule has 0 amide bonds. The summed E-state index contributed by atoms with van der Waals surface area (Å²) in [7, 11) is 1.51. The molecule has 1 aromatic carbocycles. The first kappa shape index (κ1) is 12.3. The second-order valence-corrected chi connectivity index (χ2v) is 4.27. The van der Waals surface area contributed by atoms with Gasteiger partial charge in [0, 0.05) is 18.6 Å². The minimum Gasteiger partial charge on any atom is -0.496 e. The van der Waals surface area contributed by atoms with Crippen LogP contribution >= 0.6 is 0 Å². The third-order valence-corrected chi connectivity index (χ3v) is 3.06. The molecule has 2 unspecified atom stereocenters. The predicted octanol–water partition coefficient (Wildman–Crippen LogP) is 2.44. The van der Waals surface area contributed by atoms with Crippen molar-refractivity contribution >= 4 is 0 Å². The second-order valence-electron chi connectivity index (χ2n) is 4.27. The van der Waals surface area contributed by atoms with E-state index in [9.17, 15) is 9.50 Å². The van der Waals surface area contributed by atoms with Crippen LogP contribution in [0.15, 0.2) is 18.2 Å². The van der Waals surface area contributed by atoms with Gasteiger partial charge in [-0.05, 0) is 31.0 Å². The monoisotopic (exact) mass is 240 g/mol. The summed E-state index contributed by atoms with van der Waals surface area (Å²) in [4.78, 5) is 0. The van der Waals surface area contributed by atoms with E-state index in [1.807, 2.05) is 0 Å². The molecule has 0 bridgehead atoms. The third-order valence-electron chi connectivity index (χ3n) is 3.06. The van der Waals surface area contributed by atoms with E-state index >= 15 is 0 Å². The summed E-state index contributed by atoms with van der Waals surface area (Å²) in [5.41, 5.74) is 0.489. The predicted molar refractivity (Wildman–Crippen MR) is 61.5 cm³/mol. The lowest BCUT2D eigenvalue weighted by molar-refractivity contribution is 0.0525. The van der Waals surface area contributed by atoms with E-state index in [0.29, 0.717) is 17.7 Å². The zero-order valence-corrected chi connectivity index (χ0v) is 9.86. The van der Waals surface area contributed by atoms with Crippen LogP contribution in [0.1, 0.15) is 30.9 Å². The Hall–Kier alpha value is -1.13. The highest BCUT2D eigenvalue weighted by Gasteiger charge is 2.22. The highest BCUT2D eigenvalue weighted by Crippen LogP contribution is 2.31. The molecule has 1 saturated heterocycles. The van der Waals surface area contributed by atoms with Crippen LogP contribution in [-0.2, 0) is 4.74 Å². The van der Waals surface area contributed by atoms with Crippen LogP contribution in [0.3, 0.4) is 0 Å². The average Bonchev–Trinajstić information content (AvgIpc) is 2.81. The number of rotatable bonds is 4. The Morgan fingerprint density at radius 1 is 1.59 bits per heavy atom. The maximum Gasteiger partial charge on any atom is 0.124 e. The number of methoxy groups -OCH3 is 1. The zero-order valence-electron chi connectivity index (χ0n) is 9.86. The van der Waals surface area contributed by atoms with E-state index in [2.05, 4.69) is 0 Å². The van der Waals surface area contributed by atoms with Gasteiger partial charge in [-0.15, -0.1) is 0 Å². The van der Waals surface area contributed by atoms with Crippen LogP contribution in [0.2, 0.25) is 0 Å². The molecule has 0 spiro atoms. The van der Waals surface area contributed by atoms with E-state index in [4.69, 9.17) is 9.47 Å². The molecule has 2 atom stereocenters. The molecule has 4 heteroatoms. The molecule has 94 valence electrons. The van der Waals surface area contributed by atoms with Gasteiger partial charge in [-0.3, -0.25) is 0 Å². The first-order valence-electron chi connectivity index (χ1n) is 5.84. The minimum absolute atomic E-state index is 0.0676. The van der Waals surface area contributed by atoms with Crippen molar-refractivity contribution in [2.75, 3.05) is 13.7 Å². The highest BCUT2D eigenvalue weighted by atomic mass is 19.1. The number of ether oxygens (including phenoxy) is 2. The van der Waals surface area contributed by atoms with Gasteiger partial charge < -0.3 is 14.6 Å². The first-order valence-corrected chi connectivity index (χ1v) is 5.84. The molecule has 1 aliphatic heterocycles. The Bertz CT molecular complexity index is 375. The quantitative estimate of drug-likeness (QED) is 0.878. The summed E-state index contributed by atoms with van der Waals surface area (Å²) in [6.45, 7) is 0.748. The number of hydrogen-bond acceptors (Lipinski definition) is 3. The van der Waals surface area contributed by atoms with Gasteiger partial charge >= 0.3 is 0 Å². The molecule has 2 rings (SSSR count). The SMILES string of the molecule is COc1ccc(F)cc1C(O)CC1CCCO1. The summed E-state index contributed by atoms with van der Waals surface area (Å²) >= 11 is 0. The Morgan fingerprint density at radius 2 is 2.41 bits per heavy atom. The van der Waals surface area contributed by atoms with Gasteiger partial charge in [-0.1, -0.05) is 0 Å². The van der Waals surface area contributed by atoms with Crippen molar-refractivity contribution in [2.24, 2.45) is 0 Å². The Kier molecular flexibility index (Phi) is 3.97. The van der Waals surface area contributed by atoms with Crippen LogP contribution in [0.25, 0.3) is 0 Å². The molecule has 1 aliphatic rings. The fraction of sp³-hybridized carbons (Fsp3) is 0.538. The number of halogens is 1. The number of hydrogen-bond donors (Lipinski definition) is 1. The van der Waals surface area contributed by atoms with E-state index in [-0.39, 0.29) is 11.9 Å². The maximum atomic E-state index is 13.2. The lowest BCUT2D eigenvalue weighted by atomic mass is 10.0. The van der Waals surface area contributed by atoms with Gasteiger partial charge in [0.1, 0.15) is 11.6 Å². The van der Waals surface area contributed by atoms with Crippen molar-refractivity contribution in [3.05, 3.63) is 29.6 Å². The standard InChI is InChI=1S/C13H17FO3/c1-16-13-5-4-9(14)7-11(13)12(15)8-10-3-2-6-17-10/h4-5,7,10,12,15H,2-3,6,8H2,1H3. The van der Waals surface area contributed by atoms with Gasteiger partial charge in [0.15, 0.2) is 0 Å². The van der Waals surface area contributed by atoms with Crippen molar-refractivity contribution in [2.45, 2.75) is 31.5 Å². The number of aliphatic hydroxyl groups is 1. The summed E-state index contributed by atoms with van der Waals surface area (Å²) < 4.78 is 23.7. The topological polar surface area (TPSA) is 38.7 Å². The fourth-order valence-electron chi connectivity index (χ4n) is 2.17. The zero-order chi connectivity index (χ0) is 12.3.